The van der Waals surface area contributed by atoms with Crippen LogP contribution in [0.3, 0.4) is 0 Å². The number of benzene rings is 3. The molecule has 0 N–H and O–H groups in total. The van der Waals surface area contributed by atoms with Gasteiger partial charge in [0.15, 0.2) is 17.3 Å². The van der Waals surface area contributed by atoms with Crippen molar-refractivity contribution in [2.75, 3.05) is 19.6 Å². The molecule has 3 heterocycles. The minimum Gasteiger partial charge on any atom is -0.768 e. The first-order valence-electron chi connectivity index (χ1n) is 14.8. The first kappa shape index (κ1) is 33.4. The van der Waals surface area contributed by atoms with E-state index in [1.54, 1.807) is 30.3 Å². The van der Waals surface area contributed by atoms with Crippen molar-refractivity contribution in [2.24, 2.45) is 0 Å². The van der Waals surface area contributed by atoms with Gasteiger partial charge in [0.1, 0.15) is 17.3 Å². The predicted octanol–water partition coefficient (Wildman–Crippen LogP) is 7.96. The minimum atomic E-state index is -4.90. The predicted molar refractivity (Wildman–Crippen MR) is 163 cm³/mol. The smallest absolute Gasteiger partial charge is 0.573 e. The standard InChI is InChI=1S/C33H28F6N4O4S/c1-20-40-28(32(34,35)36)19-43(20)27-12-9-23(22-5-4-6-25(17-22)48(44)45)18-26(27)31-30(21-7-10-24(11-8-21)47-33(37,38)39)41-29(46-31)13-16-42-14-2-3-15-42/h4-12,17-19H,2-3,13-16H2,1H3,(H,44,45)/p-1. The zero-order valence-electron chi connectivity index (χ0n) is 25.3. The van der Waals surface area contributed by atoms with Crippen molar-refractivity contribution in [2.45, 2.75) is 43.6 Å². The van der Waals surface area contributed by atoms with E-state index in [4.69, 9.17) is 9.40 Å². The van der Waals surface area contributed by atoms with E-state index in [9.17, 15) is 35.1 Å². The van der Waals surface area contributed by atoms with Crippen molar-refractivity contribution in [3.8, 4) is 45.1 Å². The third kappa shape index (κ3) is 7.48. The van der Waals surface area contributed by atoms with E-state index in [2.05, 4.69) is 14.6 Å². The molecule has 0 aliphatic carbocycles. The number of aryl methyl sites for hydroxylation is 1. The van der Waals surface area contributed by atoms with Gasteiger partial charge >= 0.3 is 12.5 Å². The Balaban J connectivity index is 1.53. The van der Waals surface area contributed by atoms with Gasteiger partial charge in [0.2, 0.25) is 0 Å². The highest BCUT2D eigenvalue weighted by Crippen LogP contribution is 2.40. The van der Waals surface area contributed by atoms with Gasteiger partial charge in [-0.1, -0.05) is 18.2 Å². The fourth-order valence-electron chi connectivity index (χ4n) is 5.66. The second-order valence-corrected chi connectivity index (χ2v) is 12.1. The summed E-state index contributed by atoms with van der Waals surface area (Å²) in [4.78, 5) is 10.7. The van der Waals surface area contributed by atoms with Crippen LogP contribution >= 0.6 is 0 Å². The van der Waals surface area contributed by atoms with Crippen molar-refractivity contribution < 1.29 is 44.3 Å². The van der Waals surface area contributed by atoms with Crippen molar-refractivity contribution in [1.82, 2.24) is 19.4 Å². The summed E-state index contributed by atoms with van der Waals surface area (Å²) >= 11 is -2.52. The largest absolute Gasteiger partial charge is 0.768 e. The maximum absolute atomic E-state index is 13.7. The van der Waals surface area contributed by atoms with Crippen LogP contribution in [0.15, 0.2) is 82.2 Å². The quantitative estimate of drug-likeness (QED) is 0.114. The fourth-order valence-corrected chi connectivity index (χ4v) is 6.08. The number of oxazole rings is 1. The summed E-state index contributed by atoms with van der Waals surface area (Å²) in [5, 5.41) is 0. The van der Waals surface area contributed by atoms with Crippen LogP contribution in [0.4, 0.5) is 26.3 Å². The molecule has 1 unspecified atom stereocenters. The van der Waals surface area contributed by atoms with Crippen LogP contribution in [-0.4, -0.2) is 54.2 Å². The Labute approximate surface area is 273 Å². The average Bonchev–Trinajstić information content (AvgIpc) is 3.80. The van der Waals surface area contributed by atoms with Gasteiger partial charge in [-0.2, -0.15) is 13.2 Å². The van der Waals surface area contributed by atoms with Crippen LogP contribution in [0.5, 0.6) is 5.75 Å². The molecule has 0 amide bonds. The molecule has 8 nitrogen and oxygen atoms in total. The van der Waals surface area contributed by atoms with E-state index in [0.717, 1.165) is 44.3 Å². The molecule has 2 aromatic heterocycles. The van der Waals surface area contributed by atoms with Crippen LogP contribution in [-0.2, 0) is 23.7 Å². The third-order valence-corrected chi connectivity index (χ3v) is 8.55. The number of rotatable bonds is 9. The number of likely N-dealkylation sites (tertiary alicyclic amines) is 1. The highest BCUT2D eigenvalue weighted by atomic mass is 32.2. The lowest BCUT2D eigenvalue weighted by atomic mass is 9.98. The average molecular weight is 690 g/mol. The molecule has 1 aliphatic rings. The van der Waals surface area contributed by atoms with Gasteiger partial charge < -0.3 is 23.2 Å². The van der Waals surface area contributed by atoms with E-state index in [1.165, 1.54) is 35.8 Å². The maximum Gasteiger partial charge on any atom is 0.573 e. The summed E-state index contributed by atoms with van der Waals surface area (Å²) in [5.74, 6) is 0.0561. The SMILES string of the molecule is Cc1nc(C(F)(F)F)cn1-c1ccc(-c2cccc(S(=O)[O-])c2)cc1-c1oc(CCN2CCCC2)nc1-c1ccc(OC(F)(F)F)cc1. The number of ether oxygens (including phenoxy) is 1. The normalized spacial score (nSPS) is 14.8. The lowest BCUT2D eigenvalue weighted by Crippen LogP contribution is -2.21. The summed E-state index contributed by atoms with van der Waals surface area (Å²) in [7, 11) is 0. The molecule has 6 rings (SSSR count). The molecule has 0 spiro atoms. The van der Waals surface area contributed by atoms with E-state index in [0.29, 0.717) is 41.1 Å². The lowest BCUT2D eigenvalue weighted by molar-refractivity contribution is -0.274. The maximum atomic E-state index is 13.7. The second kappa shape index (κ2) is 13.2. The fraction of sp³-hybridized carbons (Fsp3) is 0.273. The lowest BCUT2D eigenvalue weighted by Gasteiger charge is -2.15. The van der Waals surface area contributed by atoms with Gasteiger partial charge in [-0.05, 0) is 104 Å². The Morgan fingerprint density at radius 2 is 1.60 bits per heavy atom. The number of alkyl halides is 6. The van der Waals surface area contributed by atoms with Crippen LogP contribution in [0.25, 0.3) is 39.4 Å². The van der Waals surface area contributed by atoms with Crippen LogP contribution in [0.2, 0.25) is 0 Å². The summed E-state index contributed by atoms with van der Waals surface area (Å²) < 4.78 is 115. The van der Waals surface area contributed by atoms with Crippen molar-refractivity contribution in [1.29, 1.82) is 0 Å². The van der Waals surface area contributed by atoms with Crippen molar-refractivity contribution in [3.63, 3.8) is 0 Å². The molecule has 15 heteroatoms. The number of nitrogens with zero attached hydrogens (tertiary/aromatic N) is 4. The second-order valence-electron chi connectivity index (χ2n) is 11.2. The van der Waals surface area contributed by atoms with Gasteiger partial charge in [-0.3, -0.25) is 4.21 Å². The Kier molecular flexibility index (Phi) is 9.20. The Morgan fingerprint density at radius 3 is 2.25 bits per heavy atom. The highest BCUT2D eigenvalue weighted by molar-refractivity contribution is 7.79. The van der Waals surface area contributed by atoms with E-state index >= 15 is 0 Å². The molecule has 0 radical (unpaired) electrons. The molecule has 0 saturated carbocycles. The zero-order valence-corrected chi connectivity index (χ0v) is 26.1. The summed E-state index contributed by atoms with van der Waals surface area (Å²) in [5.41, 5.74) is 1.08. The molecule has 1 fully saturated rings. The molecular formula is C33H27F6N4O4S-. The number of halogens is 6. The van der Waals surface area contributed by atoms with Crippen LogP contribution in [0.1, 0.15) is 30.3 Å². The Hall–Kier alpha value is -4.47. The number of hydrogen-bond donors (Lipinski definition) is 0. The topological polar surface area (TPSA) is 96.5 Å². The molecule has 3 aromatic carbocycles. The summed E-state index contributed by atoms with van der Waals surface area (Å²) in [6.07, 6.45) is -6.22. The zero-order chi connectivity index (χ0) is 34.2. The van der Waals surface area contributed by atoms with Gasteiger partial charge in [-0.25, -0.2) is 9.97 Å². The molecule has 0 bridgehead atoms. The minimum absolute atomic E-state index is 0.0315. The van der Waals surface area contributed by atoms with Crippen LogP contribution < -0.4 is 4.74 Å². The Bertz CT molecular complexity index is 1950. The Morgan fingerprint density at radius 1 is 0.917 bits per heavy atom. The number of hydrogen-bond acceptors (Lipinski definition) is 7. The molecule has 1 saturated heterocycles. The van der Waals surface area contributed by atoms with Gasteiger partial charge in [-0.15, -0.1) is 13.2 Å². The summed E-state index contributed by atoms with van der Waals surface area (Å²) in [6.45, 7) is 3.89. The first-order chi connectivity index (χ1) is 22.7. The third-order valence-electron chi connectivity index (χ3n) is 7.91. The monoisotopic (exact) mass is 689 g/mol. The molecule has 1 aliphatic heterocycles. The van der Waals surface area contributed by atoms with E-state index < -0.39 is 35.1 Å². The van der Waals surface area contributed by atoms with Crippen molar-refractivity contribution in [3.05, 3.63) is 90.3 Å². The number of imidazole rings is 1. The molecule has 252 valence electrons. The first-order valence-corrected chi connectivity index (χ1v) is 15.9. The van der Waals surface area contributed by atoms with E-state index in [-0.39, 0.29) is 27.9 Å². The van der Waals surface area contributed by atoms with Gasteiger partial charge in [0, 0.05) is 35.2 Å². The molecular weight excluding hydrogens is 662 g/mol. The van der Waals surface area contributed by atoms with E-state index in [1.807, 2.05) is 0 Å². The summed E-state index contributed by atoms with van der Waals surface area (Å²) in [6, 6.07) is 16.0. The van der Waals surface area contributed by atoms with Crippen molar-refractivity contribution >= 4 is 11.1 Å². The molecule has 1 atom stereocenters. The molecule has 48 heavy (non-hydrogen) atoms. The highest BCUT2D eigenvalue weighted by Gasteiger charge is 2.35. The number of aromatic nitrogens is 3. The van der Waals surface area contributed by atoms with Gasteiger partial charge in [0.25, 0.3) is 0 Å². The van der Waals surface area contributed by atoms with Crippen LogP contribution in [0, 0.1) is 6.92 Å². The molecule has 5 aromatic rings. The van der Waals surface area contributed by atoms with Gasteiger partial charge in [0.05, 0.1) is 5.69 Å².